The van der Waals surface area contributed by atoms with E-state index in [9.17, 15) is 19.2 Å². The van der Waals surface area contributed by atoms with Crippen molar-refractivity contribution in [3.05, 3.63) is 12.2 Å². The molecule has 1 heterocycles. The highest BCUT2D eigenvalue weighted by Crippen LogP contribution is 2.06. The van der Waals surface area contributed by atoms with E-state index in [1.165, 1.54) is 12.2 Å². The summed E-state index contributed by atoms with van der Waals surface area (Å²) in [6.45, 7) is 0.864. The maximum atomic E-state index is 11.6. The van der Waals surface area contributed by atoms with Crippen LogP contribution in [0.2, 0.25) is 0 Å². The Morgan fingerprint density at radius 1 is 0.913 bits per heavy atom. The zero-order valence-corrected chi connectivity index (χ0v) is 13.3. The van der Waals surface area contributed by atoms with E-state index < -0.39 is 5.97 Å². The zero-order chi connectivity index (χ0) is 17.1. The molecule has 3 amide bonds. The molecule has 0 spiro atoms. The summed E-state index contributed by atoms with van der Waals surface area (Å²) in [4.78, 5) is 45.7. The summed E-state index contributed by atoms with van der Waals surface area (Å²) in [7, 11) is 0. The molecule has 1 aliphatic heterocycles. The molecule has 0 bridgehead atoms. The molecule has 23 heavy (non-hydrogen) atoms. The van der Waals surface area contributed by atoms with Gasteiger partial charge in [0.25, 0.3) is 11.8 Å². The van der Waals surface area contributed by atoms with Crippen LogP contribution in [0.3, 0.4) is 0 Å². The fourth-order valence-electron chi connectivity index (χ4n) is 2.30. The molecule has 0 aromatic carbocycles. The van der Waals surface area contributed by atoms with Gasteiger partial charge in [0.1, 0.15) is 0 Å². The number of carbonyl (C=O) groups is 4. The molecule has 0 aromatic rings. The van der Waals surface area contributed by atoms with Crippen LogP contribution in [0, 0.1) is 0 Å². The minimum absolute atomic E-state index is 0.0806. The fourth-order valence-corrected chi connectivity index (χ4v) is 2.30. The SMILES string of the molecule is O=C(O)CCCCCCCNC(=O)CCCN1C(=O)C=CC1=O. The molecule has 0 saturated carbocycles. The first-order chi connectivity index (χ1) is 11.0. The normalized spacial score (nSPS) is 13.7. The standard InChI is InChI=1S/C16H24N2O5/c19-13(7-6-12-18-14(20)9-10-15(18)21)17-11-5-3-1-2-4-8-16(22)23/h9-10H,1-8,11-12H2,(H,17,19)(H,22,23). The van der Waals surface area contributed by atoms with Crippen molar-refractivity contribution in [1.82, 2.24) is 10.2 Å². The molecule has 7 heteroatoms. The third-order valence-corrected chi connectivity index (χ3v) is 3.58. The summed E-state index contributed by atoms with van der Waals surface area (Å²) < 4.78 is 0. The lowest BCUT2D eigenvalue weighted by Crippen LogP contribution is -2.32. The minimum atomic E-state index is -0.759. The molecule has 0 fully saturated rings. The zero-order valence-electron chi connectivity index (χ0n) is 13.3. The number of hydrogen-bond acceptors (Lipinski definition) is 4. The topological polar surface area (TPSA) is 104 Å². The molecule has 128 valence electrons. The molecular formula is C16H24N2O5. The van der Waals surface area contributed by atoms with Crippen LogP contribution < -0.4 is 5.32 Å². The van der Waals surface area contributed by atoms with Crippen LogP contribution >= 0.6 is 0 Å². The molecule has 0 aliphatic carbocycles. The number of aliphatic carboxylic acids is 1. The van der Waals surface area contributed by atoms with Crippen LogP contribution in [0.5, 0.6) is 0 Å². The van der Waals surface area contributed by atoms with Crippen LogP contribution in [-0.4, -0.2) is 46.8 Å². The molecule has 0 aromatic heterocycles. The lowest BCUT2D eigenvalue weighted by molar-refractivity contribution is -0.138. The first-order valence-corrected chi connectivity index (χ1v) is 8.02. The van der Waals surface area contributed by atoms with Crippen molar-refractivity contribution in [3.8, 4) is 0 Å². The van der Waals surface area contributed by atoms with Gasteiger partial charge in [-0.2, -0.15) is 0 Å². The summed E-state index contributed by atoms with van der Waals surface area (Å²) in [5.41, 5.74) is 0. The van der Waals surface area contributed by atoms with Crippen molar-refractivity contribution < 1.29 is 24.3 Å². The average molecular weight is 324 g/mol. The van der Waals surface area contributed by atoms with Crippen molar-refractivity contribution >= 4 is 23.7 Å². The van der Waals surface area contributed by atoms with Gasteiger partial charge in [0.05, 0.1) is 0 Å². The molecule has 0 unspecified atom stereocenters. The second kappa shape index (κ2) is 10.5. The molecule has 1 aliphatic rings. The van der Waals surface area contributed by atoms with E-state index in [4.69, 9.17) is 5.11 Å². The predicted octanol–water partition coefficient (Wildman–Crippen LogP) is 1.23. The quantitative estimate of drug-likeness (QED) is 0.415. The summed E-state index contributed by atoms with van der Waals surface area (Å²) in [5.74, 6) is -1.48. The number of carbonyl (C=O) groups excluding carboxylic acids is 3. The van der Waals surface area contributed by atoms with Gasteiger partial charge < -0.3 is 10.4 Å². The third-order valence-electron chi connectivity index (χ3n) is 3.58. The Bertz CT molecular complexity index is 455. The second-order valence-electron chi connectivity index (χ2n) is 5.53. The number of amides is 3. The predicted molar refractivity (Wildman–Crippen MR) is 83.4 cm³/mol. The molecule has 7 nitrogen and oxygen atoms in total. The number of rotatable bonds is 12. The lowest BCUT2D eigenvalue weighted by Gasteiger charge is -2.13. The smallest absolute Gasteiger partial charge is 0.303 e. The number of nitrogens with zero attached hydrogens (tertiary/aromatic N) is 1. The van der Waals surface area contributed by atoms with Crippen molar-refractivity contribution in [3.63, 3.8) is 0 Å². The Kier molecular flexibility index (Phi) is 8.64. The van der Waals surface area contributed by atoms with Crippen molar-refractivity contribution in [2.45, 2.75) is 51.4 Å². The Labute approximate surface area is 135 Å². The van der Waals surface area contributed by atoms with Crippen molar-refractivity contribution in [2.24, 2.45) is 0 Å². The van der Waals surface area contributed by atoms with Gasteiger partial charge in [-0.15, -0.1) is 0 Å². The van der Waals surface area contributed by atoms with Gasteiger partial charge in [0.15, 0.2) is 0 Å². The number of nitrogens with one attached hydrogen (secondary N) is 1. The Morgan fingerprint density at radius 3 is 2.17 bits per heavy atom. The van der Waals surface area contributed by atoms with Crippen LogP contribution in [0.25, 0.3) is 0 Å². The van der Waals surface area contributed by atoms with Gasteiger partial charge in [0, 0.05) is 38.1 Å². The second-order valence-corrected chi connectivity index (χ2v) is 5.53. The monoisotopic (exact) mass is 324 g/mol. The maximum absolute atomic E-state index is 11.6. The molecule has 0 atom stereocenters. The molecule has 0 radical (unpaired) electrons. The van der Waals surface area contributed by atoms with Crippen LogP contribution in [-0.2, 0) is 19.2 Å². The number of unbranched alkanes of at least 4 members (excludes halogenated alkanes) is 4. The van der Waals surface area contributed by atoms with Crippen LogP contribution in [0.1, 0.15) is 51.4 Å². The van der Waals surface area contributed by atoms with E-state index in [2.05, 4.69) is 5.32 Å². The largest absolute Gasteiger partial charge is 0.481 e. The number of carboxylic acid groups (broad SMARTS) is 1. The van der Waals surface area contributed by atoms with Crippen LogP contribution in [0.4, 0.5) is 0 Å². The Balaban J connectivity index is 1.93. The number of imide groups is 1. The first kappa shape index (κ1) is 18.9. The van der Waals surface area contributed by atoms with E-state index in [1.807, 2.05) is 0 Å². The van der Waals surface area contributed by atoms with Gasteiger partial charge in [0.2, 0.25) is 5.91 Å². The lowest BCUT2D eigenvalue weighted by atomic mass is 10.1. The van der Waals surface area contributed by atoms with Crippen molar-refractivity contribution in [1.29, 1.82) is 0 Å². The van der Waals surface area contributed by atoms with E-state index in [-0.39, 0.29) is 37.1 Å². The summed E-state index contributed by atoms with van der Waals surface area (Å²) in [5, 5.41) is 11.3. The minimum Gasteiger partial charge on any atom is -0.481 e. The van der Waals surface area contributed by atoms with E-state index in [0.29, 0.717) is 19.4 Å². The highest BCUT2D eigenvalue weighted by molar-refractivity contribution is 6.12. The maximum Gasteiger partial charge on any atom is 0.303 e. The van der Waals surface area contributed by atoms with E-state index >= 15 is 0 Å². The molecular weight excluding hydrogens is 300 g/mol. The van der Waals surface area contributed by atoms with Gasteiger partial charge in [-0.05, 0) is 19.3 Å². The molecule has 1 rings (SSSR count). The van der Waals surface area contributed by atoms with Gasteiger partial charge >= 0.3 is 5.97 Å². The van der Waals surface area contributed by atoms with Gasteiger partial charge in [-0.1, -0.05) is 19.3 Å². The highest BCUT2D eigenvalue weighted by Gasteiger charge is 2.22. The molecule has 0 saturated heterocycles. The summed E-state index contributed by atoms with van der Waals surface area (Å²) in [6.07, 6.45) is 7.82. The Morgan fingerprint density at radius 2 is 1.52 bits per heavy atom. The number of hydrogen-bond donors (Lipinski definition) is 2. The van der Waals surface area contributed by atoms with Gasteiger partial charge in [-0.3, -0.25) is 24.1 Å². The molecule has 2 N–H and O–H groups in total. The fraction of sp³-hybridized carbons (Fsp3) is 0.625. The Hall–Kier alpha value is -2.18. The average Bonchev–Trinajstić information content (AvgIpc) is 2.81. The van der Waals surface area contributed by atoms with E-state index in [1.54, 1.807) is 0 Å². The summed E-state index contributed by atoms with van der Waals surface area (Å²) >= 11 is 0. The van der Waals surface area contributed by atoms with Gasteiger partial charge in [-0.25, -0.2) is 0 Å². The summed E-state index contributed by atoms with van der Waals surface area (Å²) in [6, 6.07) is 0. The van der Waals surface area contributed by atoms with Crippen LogP contribution in [0.15, 0.2) is 12.2 Å². The third kappa shape index (κ3) is 8.13. The van der Waals surface area contributed by atoms with Crippen molar-refractivity contribution in [2.75, 3.05) is 13.1 Å². The number of carboxylic acids is 1. The first-order valence-electron chi connectivity index (χ1n) is 8.02. The van der Waals surface area contributed by atoms with E-state index in [0.717, 1.165) is 30.6 Å². The highest BCUT2D eigenvalue weighted by atomic mass is 16.4.